The van der Waals surface area contributed by atoms with Gasteiger partial charge in [-0.15, -0.1) is 0 Å². The van der Waals surface area contributed by atoms with Crippen molar-refractivity contribution < 1.29 is 14.6 Å². The molecule has 0 aliphatic carbocycles. The molecule has 2 aromatic carbocycles. The lowest BCUT2D eigenvalue weighted by Crippen LogP contribution is -2.36. The van der Waals surface area contributed by atoms with Crippen molar-refractivity contribution in [2.24, 2.45) is 0 Å². The molecule has 0 atom stereocenters. The van der Waals surface area contributed by atoms with E-state index in [2.05, 4.69) is 68.2 Å². The normalized spacial score (nSPS) is 13.8. The first kappa shape index (κ1) is 21.0. The number of morpholine rings is 1. The van der Waals surface area contributed by atoms with Gasteiger partial charge >= 0.3 is 6.01 Å². The van der Waals surface area contributed by atoms with E-state index in [4.69, 9.17) is 9.47 Å². The van der Waals surface area contributed by atoms with Crippen LogP contribution in [0.5, 0.6) is 11.9 Å². The maximum absolute atomic E-state index is 10.1. The molecule has 1 N–H and O–H groups in total. The molecule has 0 unspecified atom stereocenters. The maximum atomic E-state index is 10.1. The van der Waals surface area contributed by atoms with E-state index in [0.29, 0.717) is 17.5 Å². The minimum atomic E-state index is -0.117. The molecular formula is C25H25N5O3. The van der Waals surface area contributed by atoms with Crippen LogP contribution in [-0.4, -0.2) is 53.4 Å². The van der Waals surface area contributed by atoms with Crippen LogP contribution in [0.4, 0.5) is 17.1 Å². The molecular weight excluding hydrogens is 418 g/mol. The smallest absolute Gasteiger partial charge is 0.320 e. The average molecular weight is 444 g/mol. The zero-order valence-corrected chi connectivity index (χ0v) is 18.4. The summed E-state index contributed by atoms with van der Waals surface area (Å²) in [5.41, 5.74) is 4.92. The van der Waals surface area contributed by atoms with Gasteiger partial charge in [-0.2, -0.15) is 9.97 Å². The van der Waals surface area contributed by atoms with Crippen LogP contribution < -0.4 is 14.5 Å². The van der Waals surface area contributed by atoms with E-state index in [-0.39, 0.29) is 11.9 Å². The van der Waals surface area contributed by atoms with Gasteiger partial charge in [0.1, 0.15) is 6.61 Å². The van der Waals surface area contributed by atoms with Crippen LogP contribution in [0.2, 0.25) is 0 Å². The van der Waals surface area contributed by atoms with Crippen LogP contribution in [0.1, 0.15) is 5.56 Å². The number of aromatic nitrogens is 3. The van der Waals surface area contributed by atoms with Gasteiger partial charge in [0.15, 0.2) is 0 Å². The number of anilines is 3. The molecule has 0 bridgehead atoms. The fourth-order valence-corrected chi connectivity index (χ4v) is 3.84. The largest absolute Gasteiger partial charge is 0.493 e. The second kappa shape index (κ2) is 9.30. The van der Waals surface area contributed by atoms with Crippen LogP contribution in [-0.2, 0) is 11.3 Å². The van der Waals surface area contributed by atoms with E-state index in [1.54, 1.807) is 18.5 Å². The number of pyridine rings is 1. The zero-order valence-electron chi connectivity index (χ0n) is 18.4. The van der Waals surface area contributed by atoms with Crippen molar-refractivity contribution >= 4 is 28.0 Å². The van der Waals surface area contributed by atoms with E-state index in [1.807, 2.05) is 12.1 Å². The quantitative estimate of drug-likeness (QED) is 0.480. The molecule has 3 heterocycles. The minimum absolute atomic E-state index is 0.117. The molecule has 33 heavy (non-hydrogen) atoms. The molecule has 1 aliphatic rings. The van der Waals surface area contributed by atoms with Crippen molar-refractivity contribution in [1.82, 2.24) is 15.0 Å². The molecule has 168 valence electrons. The van der Waals surface area contributed by atoms with E-state index in [0.717, 1.165) is 43.2 Å². The summed E-state index contributed by atoms with van der Waals surface area (Å²) in [6.45, 7) is 3.66. The number of hydrogen-bond donors (Lipinski definition) is 1. The molecule has 0 spiro atoms. The number of nitrogens with zero attached hydrogens (tertiary/aromatic N) is 5. The van der Waals surface area contributed by atoms with Crippen molar-refractivity contribution in [3.05, 3.63) is 72.6 Å². The third-order valence-corrected chi connectivity index (χ3v) is 5.74. The van der Waals surface area contributed by atoms with E-state index in [1.165, 1.54) is 5.69 Å². The predicted octanol–water partition coefficient (Wildman–Crippen LogP) is 3.91. The number of rotatable bonds is 6. The molecule has 0 radical (unpaired) electrons. The lowest BCUT2D eigenvalue weighted by Gasteiger charge is -2.30. The highest BCUT2D eigenvalue weighted by molar-refractivity contribution is 5.82. The Morgan fingerprint density at radius 1 is 1.03 bits per heavy atom. The number of benzene rings is 2. The summed E-state index contributed by atoms with van der Waals surface area (Å²) < 4.78 is 11.2. The topological polar surface area (TPSA) is 83.8 Å². The Morgan fingerprint density at radius 2 is 1.85 bits per heavy atom. The van der Waals surface area contributed by atoms with Crippen LogP contribution in [0.15, 0.2) is 67.0 Å². The summed E-state index contributed by atoms with van der Waals surface area (Å²) in [5.74, 6) is -0.117. The van der Waals surface area contributed by atoms with Crippen LogP contribution in [0.25, 0.3) is 10.9 Å². The first-order chi connectivity index (χ1) is 16.2. The van der Waals surface area contributed by atoms with Crippen LogP contribution >= 0.6 is 0 Å². The van der Waals surface area contributed by atoms with Crippen molar-refractivity contribution in [1.29, 1.82) is 0 Å². The highest BCUT2D eigenvalue weighted by Gasteiger charge is 2.13. The Labute approximate surface area is 192 Å². The molecule has 5 rings (SSSR count). The maximum Gasteiger partial charge on any atom is 0.320 e. The fraction of sp³-hybridized carbons (Fsp3) is 0.240. The van der Waals surface area contributed by atoms with Gasteiger partial charge in [0.05, 0.1) is 30.3 Å². The summed E-state index contributed by atoms with van der Waals surface area (Å²) in [4.78, 5) is 16.9. The number of aromatic hydroxyl groups is 1. The first-order valence-electron chi connectivity index (χ1n) is 10.9. The molecule has 0 saturated carbocycles. The van der Waals surface area contributed by atoms with Gasteiger partial charge in [0.25, 0.3) is 0 Å². The summed E-state index contributed by atoms with van der Waals surface area (Å²) in [7, 11) is 2.06. The highest BCUT2D eigenvalue weighted by atomic mass is 16.5. The minimum Gasteiger partial charge on any atom is -0.493 e. The summed E-state index contributed by atoms with van der Waals surface area (Å²) in [6, 6.07) is 18.5. The van der Waals surface area contributed by atoms with Gasteiger partial charge in [0, 0.05) is 43.4 Å². The zero-order chi connectivity index (χ0) is 22.6. The number of fused-ring (bicyclic) bond motifs is 1. The summed E-state index contributed by atoms with van der Waals surface area (Å²) >= 11 is 0. The monoisotopic (exact) mass is 443 g/mol. The van der Waals surface area contributed by atoms with Gasteiger partial charge in [-0.3, -0.25) is 4.98 Å². The van der Waals surface area contributed by atoms with Crippen molar-refractivity contribution in [2.75, 3.05) is 43.2 Å². The fourth-order valence-electron chi connectivity index (χ4n) is 3.84. The van der Waals surface area contributed by atoms with Crippen molar-refractivity contribution in [2.45, 2.75) is 6.61 Å². The Hall–Kier alpha value is -3.91. The van der Waals surface area contributed by atoms with Crippen molar-refractivity contribution in [3.8, 4) is 11.9 Å². The molecule has 0 amide bonds. The van der Waals surface area contributed by atoms with E-state index in [9.17, 15) is 5.11 Å². The van der Waals surface area contributed by atoms with Gasteiger partial charge in [-0.05, 0) is 42.0 Å². The molecule has 1 fully saturated rings. The van der Waals surface area contributed by atoms with Gasteiger partial charge in [-0.1, -0.05) is 18.2 Å². The predicted molar refractivity (Wildman–Crippen MR) is 127 cm³/mol. The molecule has 4 aromatic rings. The summed E-state index contributed by atoms with van der Waals surface area (Å²) in [6.07, 6.45) is 3.16. The van der Waals surface area contributed by atoms with Crippen molar-refractivity contribution in [3.63, 3.8) is 0 Å². The first-order valence-corrected chi connectivity index (χ1v) is 10.9. The Balaban J connectivity index is 1.26. The summed E-state index contributed by atoms with van der Waals surface area (Å²) in [5, 5.41) is 10.6. The molecule has 8 heteroatoms. The number of hydrogen-bond acceptors (Lipinski definition) is 8. The lowest BCUT2D eigenvalue weighted by molar-refractivity contribution is 0.122. The van der Waals surface area contributed by atoms with Gasteiger partial charge < -0.3 is 24.4 Å². The SMILES string of the molecule is CN(c1ccc(COc2nc(O)c3ccncc3n2)cc1)c1cccc(N2CCOCC2)c1. The molecule has 8 nitrogen and oxygen atoms in total. The average Bonchev–Trinajstić information content (AvgIpc) is 2.88. The second-order valence-electron chi connectivity index (χ2n) is 7.86. The Kier molecular flexibility index (Phi) is 5.91. The Morgan fingerprint density at radius 3 is 2.67 bits per heavy atom. The number of ether oxygens (including phenoxy) is 2. The standard InChI is InChI=1S/C25H25N5O3/c1-29(20-3-2-4-21(15-20)30-11-13-32-14-12-30)19-7-5-18(6-8-19)17-33-25-27-23-16-26-10-9-22(23)24(31)28-25/h2-10,15-16H,11-14,17H2,1H3,(H,27,28,31). The molecule has 1 aliphatic heterocycles. The molecule has 2 aromatic heterocycles. The van der Waals surface area contributed by atoms with Crippen LogP contribution in [0.3, 0.4) is 0 Å². The van der Waals surface area contributed by atoms with E-state index >= 15 is 0 Å². The third-order valence-electron chi connectivity index (χ3n) is 5.74. The van der Waals surface area contributed by atoms with Crippen LogP contribution in [0, 0.1) is 0 Å². The van der Waals surface area contributed by atoms with Gasteiger partial charge in [-0.25, -0.2) is 0 Å². The van der Waals surface area contributed by atoms with Gasteiger partial charge in [0.2, 0.25) is 5.88 Å². The highest BCUT2D eigenvalue weighted by Crippen LogP contribution is 2.28. The molecule has 1 saturated heterocycles. The van der Waals surface area contributed by atoms with E-state index < -0.39 is 0 Å². The Bertz CT molecular complexity index is 1240. The second-order valence-corrected chi connectivity index (χ2v) is 7.86. The third kappa shape index (κ3) is 4.65. The lowest BCUT2D eigenvalue weighted by atomic mass is 10.2.